The van der Waals surface area contributed by atoms with Crippen LogP contribution < -0.4 is 0 Å². The summed E-state index contributed by atoms with van der Waals surface area (Å²) in [5.74, 6) is 0. The highest BCUT2D eigenvalue weighted by Gasteiger charge is 2.02. The molecule has 2 rings (SSSR count). The van der Waals surface area contributed by atoms with Crippen molar-refractivity contribution in [1.82, 2.24) is 10.2 Å². The SMILES string of the molecule is S=c1[nH]nc(Cl)cc1-c1cccs1. The van der Waals surface area contributed by atoms with Crippen LogP contribution in [0.25, 0.3) is 10.4 Å². The normalized spacial score (nSPS) is 10.2. The number of aromatic nitrogens is 2. The lowest BCUT2D eigenvalue weighted by Gasteiger charge is -1.96. The zero-order valence-electron chi connectivity index (χ0n) is 6.45. The van der Waals surface area contributed by atoms with E-state index in [-0.39, 0.29) is 0 Å². The van der Waals surface area contributed by atoms with Crippen molar-refractivity contribution in [2.45, 2.75) is 0 Å². The molecule has 0 atom stereocenters. The topological polar surface area (TPSA) is 28.7 Å². The van der Waals surface area contributed by atoms with Gasteiger partial charge in [0.05, 0.1) is 0 Å². The summed E-state index contributed by atoms with van der Waals surface area (Å²) in [5, 5.41) is 8.91. The van der Waals surface area contributed by atoms with Crippen molar-refractivity contribution < 1.29 is 0 Å². The lowest BCUT2D eigenvalue weighted by molar-refractivity contribution is 1.02. The Morgan fingerprint density at radius 1 is 1.54 bits per heavy atom. The highest BCUT2D eigenvalue weighted by atomic mass is 35.5. The molecule has 2 nitrogen and oxygen atoms in total. The number of H-pyrrole nitrogens is 1. The maximum absolute atomic E-state index is 5.75. The summed E-state index contributed by atoms with van der Waals surface area (Å²) >= 11 is 12.5. The van der Waals surface area contributed by atoms with E-state index in [2.05, 4.69) is 10.2 Å². The molecule has 0 spiro atoms. The molecule has 0 unspecified atom stereocenters. The Bertz CT molecular complexity index is 461. The number of nitrogens with one attached hydrogen (secondary N) is 1. The molecule has 13 heavy (non-hydrogen) atoms. The Morgan fingerprint density at radius 3 is 3.08 bits per heavy atom. The molecule has 66 valence electrons. The molecule has 0 saturated carbocycles. The van der Waals surface area contributed by atoms with Gasteiger partial charge in [-0.2, -0.15) is 5.10 Å². The molecule has 0 aromatic carbocycles. The smallest absolute Gasteiger partial charge is 0.150 e. The molecule has 0 aliphatic rings. The predicted molar refractivity (Wildman–Crippen MR) is 57.7 cm³/mol. The van der Waals surface area contributed by atoms with Crippen molar-refractivity contribution in [2.75, 3.05) is 0 Å². The zero-order valence-corrected chi connectivity index (χ0v) is 8.84. The number of aromatic amines is 1. The van der Waals surface area contributed by atoms with Crippen molar-refractivity contribution in [3.63, 3.8) is 0 Å². The van der Waals surface area contributed by atoms with Gasteiger partial charge in [0.1, 0.15) is 9.79 Å². The van der Waals surface area contributed by atoms with Crippen molar-refractivity contribution >= 4 is 35.2 Å². The molecule has 2 aromatic rings. The van der Waals surface area contributed by atoms with Crippen molar-refractivity contribution in [1.29, 1.82) is 0 Å². The number of halogens is 1. The summed E-state index contributed by atoms with van der Waals surface area (Å²) in [7, 11) is 0. The average molecular weight is 229 g/mol. The highest BCUT2D eigenvalue weighted by molar-refractivity contribution is 7.71. The third kappa shape index (κ3) is 1.80. The van der Waals surface area contributed by atoms with Gasteiger partial charge in [-0.3, -0.25) is 5.10 Å². The Kier molecular flexibility index (Phi) is 2.44. The fraction of sp³-hybridized carbons (Fsp3) is 0. The van der Waals surface area contributed by atoms with Gasteiger partial charge in [-0.15, -0.1) is 11.3 Å². The van der Waals surface area contributed by atoms with Gasteiger partial charge >= 0.3 is 0 Å². The first kappa shape index (κ1) is 8.87. The molecular formula is C8H5ClN2S2. The summed E-state index contributed by atoms with van der Waals surface area (Å²) in [4.78, 5) is 1.10. The van der Waals surface area contributed by atoms with Crippen LogP contribution in [-0.4, -0.2) is 10.2 Å². The molecule has 5 heteroatoms. The summed E-state index contributed by atoms with van der Waals surface area (Å²) < 4.78 is 0.617. The fourth-order valence-corrected chi connectivity index (χ4v) is 2.18. The second-order valence-corrected chi connectivity index (χ2v) is 4.15. The number of hydrogen-bond acceptors (Lipinski definition) is 3. The van der Waals surface area contributed by atoms with E-state index in [1.54, 1.807) is 17.4 Å². The van der Waals surface area contributed by atoms with Crippen LogP contribution >= 0.6 is 35.2 Å². The molecule has 0 bridgehead atoms. The summed E-state index contributed by atoms with van der Waals surface area (Å²) in [5.41, 5.74) is 0.935. The van der Waals surface area contributed by atoms with Crippen LogP contribution in [-0.2, 0) is 0 Å². The predicted octanol–water partition coefficient (Wildman–Crippen LogP) is 3.52. The number of nitrogens with zero attached hydrogens (tertiary/aromatic N) is 1. The molecule has 0 fully saturated rings. The lowest BCUT2D eigenvalue weighted by Crippen LogP contribution is -1.85. The van der Waals surface area contributed by atoms with Gasteiger partial charge < -0.3 is 0 Å². The van der Waals surface area contributed by atoms with Gasteiger partial charge in [-0.1, -0.05) is 29.9 Å². The first-order valence-corrected chi connectivity index (χ1v) is 5.23. The molecule has 2 aromatic heterocycles. The Hall–Kier alpha value is -0.710. The van der Waals surface area contributed by atoms with Crippen molar-refractivity contribution in [2.24, 2.45) is 0 Å². The van der Waals surface area contributed by atoms with Gasteiger partial charge in [0, 0.05) is 10.4 Å². The molecule has 0 aliphatic heterocycles. The number of thiophene rings is 1. The van der Waals surface area contributed by atoms with E-state index in [9.17, 15) is 0 Å². The van der Waals surface area contributed by atoms with Crippen LogP contribution in [0.5, 0.6) is 0 Å². The Balaban J connectivity index is 2.64. The quantitative estimate of drug-likeness (QED) is 0.757. The molecule has 0 aliphatic carbocycles. The van der Waals surface area contributed by atoms with E-state index in [0.717, 1.165) is 10.4 Å². The van der Waals surface area contributed by atoms with Gasteiger partial charge in [0.2, 0.25) is 0 Å². The van der Waals surface area contributed by atoms with Gasteiger partial charge in [0.15, 0.2) is 0 Å². The van der Waals surface area contributed by atoms with Crippen LogP contribution in [0.15, 0.2) is 23.6 Å². The van der Waals surface area contributed by atoms with E-state index < -0.39 is 0 Å². The summed E-state index contributed by atoms with van der Waals surface area (Å²) in [6.45, 7) is 0. The molecular weight excluding hydrogens is 224 g/mol. The summed E-state index contributed by atoms with van der Waals surface area (Å²) in [6.07, 6.45) is 0. The minimum absolute atomic E-state index is 0.428. The van der Waals surface area contributed by atoms with Crippen LogP contribution in [0.4, 0.5) is 0 Å². The standard InChI is InChI=1S/C8H5ClN2S2/c9-7-4-5(8(12)11-10-7)6-2-1-3-13-6/h1-4H,(H,11,12). The maximum Gasteiger partial charge on any atom is 0.150 e. The van der Waals surface area contributed by atoms with E-state index in [4.69, 9.17) is 23.8 Å². The van der Waals surface area contributed by atoms with Gasteiger partial charge in [-0.25, -0.2) is 0 Å². The minimum atomic E-state index is 0.428. The van der Waals surface area contributed by atoms with Crippen LogP contribution in [0.2, 0.25) is 5.15 Å². The average Bonchev–Trinajstić information content (AvgIpc) is 2.61. The third-order valence-corrected chi connectivity index (χ3v) is 2.97. The molecule has 0 saturated heterocycles. The molecule has 2 heterocycles. The lowest BCUT2D eigenvalue weighted by atomic mass is 10.2. The van der Waals surface area contributed by atoms with E-state index in [1.165, 1.54) is 0 Å². The Labute approximate surface area is 89.2 Å². The molecule has 1 N–H and O–H groups in total. The van der Waals surface area contributed by atoms with E-state index >= 15 is 0 Å². The molecule has 0 radical (unpaired) electrons. The van der Waals surface area contributed by atoms with Crippen LogP contribution in [0.3, 0.4) is 0 Å². The van der Waals surface area contributed by atoms with Gasteiger partial charge in [0.25, 0.3) is 0 Å². The minimum Gasteiger partial charge on any atom is -0.266 e. The van der Waals surface area contributed by atoms with E-state index in [1.807, 2.05) is 17.5 Å². The van der Waals surface area contributed by atoms with Crippen molar-refractivity contribution in [3.8, 4) is 10.4 Å². The Morgan fingerprint density at radius 2 is 2.38 bits per heavy atom. The zero-order chi connectivity index (χ0) is 9.26. The van der Waals surface area contributed by atoms with Crippen LogP contribution in [0, 0.1) is 4.64 Å². The maximum atomic E-state index is 5.75. The first-order chi connectivity index (χ1) is 6.27. The number of rotatable bonds is 1. The fourth-order valence-electron chi connectivity index (χ4n) is 0.996. The monoisotopic (exact) mass is 228 g/mol. The second-order valence-electron chi connectivity index (χ2n) is 2.41. The summed E-state index contributed by atoms with van der Waals surface area (Å²) in [6, 6.07) is 5.75. The first-order valence-electron chi connectivity index (χ1n) is 3.56. The second kappa shape index (κ2) is 3.57. The van der Waals surface area contributed by atoms with Gasteiger partial charge in [-0.05, 0) is 17.5 Å². The van der Waals surface area contributed by atoms with Crippen molar-refractivity contribution in [3.05, 3.63) is 33.4 Å². The number of hydrogen-bond donors (Lipinski definition) is 1. The highest BCUT2D eigenvalue weighted by Crippen LogP contribution is 2.25. The largest absolute Gasteiger partial charge is 0.266 e. The van der Waals surface area contributed by atoms with Crippen LogP contribution in [0.1, 0.15) is 0 Å². The molecule has 0 amide bonds. The van der Waals surface area contributed by atoms with E-state index in [0.29, 0.717) is 9.79 Å². The third-order valence-electron chi connectivity index (χ3n) is 1.56.